The van der Waals surface area contributed by atoms with E-state index in [1.807, 2.05) is 6.92 Å². The first-order valence-electron chi connectivity index (χ1n) is 10.2. The van der Waals surface area contributed by atoms with Gasteiger partial charge in [-0.2, -0.15) is 8.42 Å². The normalized spacial score (nSPS) is 22.7. The van der Waals surface area contributed by atoms with Crippen LogP contribution in [0, 0.1) is 0 Å². The molecule has 0 aromatic heterocycles. The standard InChI is InChI=1S/C19H38O6S.Na.H/c1-3-4-5-6-7-8-9-10-11-13-19(2)24-17-18(25-19)16-23-14-12-15-26(20,21)22;;/h18H,3-17H2,1-2H3,(H,20,21,22);;. The van der Waals surface area contributed by atoms with Crippen LogP contribution in [0.1, 0.15) is 84.5 Å². The van der Waals surface area contributed by atoms with Crippen molar-refractivity contribution in [2.45, 2.75) is 96.4 Å². The Balaban J connectivity index is 0.00000676. The van der Waals surface area contributed by atoms with E-state index in [2.05, 4.69) is 6.92 Å². The van der Waals surface area contributed by atoms with Gasteiger partial charge in [0, 0.05) is 13.0 Å². The molecule has 1 N–H and O–H groups in total. The first-order valence-corrected chi connectivity index (χ1v) is 11.8. The molecular weight excluding hydrogens is 379 g/mol. The van der Waals surface area contributed by atoms with Gasteiger partial charge in [0.05, 0.1) is 19.0 Å². The Morgan fingerprint density at radius 2 is 1.63 bits per heavy atom. The Labute approximate surface area is 188 Å². The van der Waals surface area contributed by atoms with Crippen molar-refractivity contribution in [2.24, 2.45) is 0 Å². The van der Waals surface area contributed by atoms with Crippen LogP contribution in [-0.4, -0.2) is 80.0 Å². The molecule has 6 nitrogen and oxygen atoms in total. The molecule has 0 radical (unpaired) electrons. The number of unbranched alkanes of at least 4 members (excludes halogenated alkanes) is 8. The van der Waals surface area contributed by atoms with Gasteiger partial charge >= 0.3 is 29.6 Å². The van der Waals surface area contributed by atoms with E-state index >= 15 is 0 Å². The number of hydrogen-bond donors (Lipinski definition) is 1. The SMILES string of the molecule is CCCCCCCCCCCC1(C)OCC(COCCCS(=O)(=O)O)O1.[NaH]. The predicted octanol–water partition coefficient (Wildman–Crippen LogP) is 3.68. The van der Waals surface area contributed by atoms with E-state index in [1.165, 1.54) is 51.4 Å². The van der Waals surface area contributed by atoms with Gasteiger partial charge in [-0.3, -0.25) is 4.55 Å². The van der Waals surface area contributed by atoms with Gasteiger partial charge in [-0.25, -0.2) is 0 Å². The third kappa shape index (κ3) is 15.3. The maximum absolute atomic E-state index is 10.6. The van der Waals surface area contributed by atoms with Gasteiger partial charge in [0.1, 0.15) is 6.10 Å². The van der Waals surface area contributed by atoms with Crippen molar-refractivity contribution in [3.63, 3.8) is 0 Å². The van der Waals surface area contributed by atoms with Gasteiger partial charge in [-0.1, -0.05) is 58.3 Å². The van der Waals surface area contributed by atoms with Crippen molar-refractivity contribution < 1.29 is 27.2 Å². The molecule has 27 heavy (non-hydrogen) atoms. The van der Waals surface area contributed by atoms with Crippen LogP contribution in [0.25, 0.3) is 0 Å². The minimum absolute atomic E-state index is 0. The molecule has 158 valence electrons. The Morgan fingerprint density at radius 3 is 2.22 bits per heavy atom. The molecule has 1 aliphatic rings. The second kappa shape index (κ2) is 15.6. The summed E-state index contributed by atoms with van der Waals surface area (Å²) < 4.78 is 47.1. The number of hydrogen-bond acceptors (Lipinski definition) is 5. The van der Waals surface area contributed by atoms with E-state index in [4.69, 9.17) is 18.8 Å². The van der Waals surface area contributed by atoms with E-state index in [0.717, 1.165) is 12.8 Å². The molecule has 1 rings (SSSR count). The average molecular weight is 419 g/mol. The number of ether oxygens (including phenoxy) is 3. The molecule has 0 aromatic rings. The van der Waals surface area contributed by atoms with Crippen molar-refractivity contribution in [1.29, 1.82) is 0 Å². The Hall–Kier alpha value is 0.790. The van der Waals surface area contributed by atoms with E-state index in [-0.39, 0.29) is 54.4 Å². The zero-order valence-electron chi connectivity index (χ0n) is 16.6. The second-order valence-corrected chi connectivity index (χ2v) is 9.05. The van der Waals surface area contributed by atoms with E-state index in [0.29, 0.717) is 13.2 Å². The van der Waals surface area contributed by atoms with Gasteiger partial charge in [0.25, 0.3) is 10.1 Å². The molecule has 1 fully saturated rings. The average Bonchev–Trinajstić information content (AvgIpc) is 2.93. The van der Waals surface area contributed by atoms with E-state index < -0.39 is 15.9 Å². The quantitative estimate of drug-likeness (QED) is 0.234. The molecule has 2 atom stereocenters. The van der Waals surface area contributed by atoms with Crippen LogP contribution >= 0.6 is 0 Å². The van der Waals surface area contributed by atoms with Gasteiger partial charge < -0.3 is 14.2 Å². The summed E-state index contributed by atoms with van der Waals surface area (Å²) in [5.74, 6) is -0.797. The predicted molar refractivity (Wildman–Crippen MR) is 110 cm³/mol. The zero-order valence-corrected chi connectivity index (χ0v) is 17.4. The molecule has 0 spiro atoms. The fourth-order valence-corrected chi connectivity index (χ4v) is 3.70. The van der Waals surface area contributed by atoms with Crippen LogP contribution in [0.5, 0.6) is 0 Å². The summed E-state index contributed by atoms with van der Waals surface area (Å²) in [5.41, 5.74) is 0. The minimum atomic E-state index is -3.90. The van der Waals surface area contributed by atoms with Gasteiger partial charge in [0.2, 0.25) is 0 Å². The third-order valence-electron chi connectivity index (χ3n) is 4.72. The molecule has 0 aromatic carbocycles. The molecule has 0 amide bonds. The van der Waals surface area contributed by atoms with Crippen LogP contribution < -0.4 is 0 Å². The van der Waals surface area contributed by atoms with E-state index in [1.54, 1.807) is 0 Å². The fourth-order valence-electron chi connectivity index (χ4n) is 3.22. The Kier molecular flexibility index (Phi) is 16.1. The van der Waals surface area contributed by atoms with Crippen molar-refractivity contribution in [1.82, 2.24) is 0 Å². The third-order valence-corrected chi connectivity index (χ3v) is 5.52. The first kappa shape index (κ1) is 27.8. The van der Waals surface area contributed by atoms with Gasteiger partial charge in [-0.15, -0.1) is 0 Å². The summed E-state index contributed by atoms with van der Waals surface area (Å²) >= 11 is 0. The Bertz CT molecular complexity index is 459. The fraction of sp³-hybridized carbons (Fsp3) is 1.00. The van der Waals surface area contributed by atoms with Crippen LogP contribution in [0.15, 0.2) is 0 Å². The van der Waals surface area contributed by atoms with Crippen molar-refractivity contribution >= 4 is 39.7 Å². The monoisotopic (exact) mass is 418 g/mol. The topological polar surface area (TPSA) is 82.1 Å². The maximum atomic E-state index is 10.6. The summed E-state index contributed by atoms with van der Waals surface area (Å²) in [7, 11) is -3.90. The summed E-state index contributed by atoms with van der Waals surface area (Å²) in [4.78, 5) is 0. The molecule has 1 heterocycles. The molecule has 0 bridgehead atoms. The van der Waals surface area contributed by atoms with Gasteiger partial charge in [-0.05, 0) is 19.8 Å². The summed E-state index contributed by atoms with van der Waals surface area (Å²) in [6.07, 6.45) is 12.7. The molecule has 1 aliphatic heterocycles. The Morgan fingerprint density at radius 1 is 1.04 bits per heavy atom. The van der Waals surface area contributed by atoms with Crippen LogP contribution in [0.3, 0.4) is 0 Å². The first-order chi connectivity index (χ1) is 12.3. The molecule has 2 unspecified atom stereocenters. The van der Waals surface area contributed by atoms with Crippen LogP contribution in [-0.2, 0) is 24.3 Å². The summed E-state index contributed by atoms with van der Waals surface area (Å²) in [6, 6.07) is 0. The van der Waals surface area contributed by atoms with Crippen molar-refractivity contribution in [2.75, 3.05) is 25.6 Å². The van der Waals surface area contributed by atoms with Crippen LogP contribution in [0.2, 0.25) is 0 Å². The molecule has 1 saturated heterocycles. The second-order valence-electron chi connectivity index (χ2n) is 7.48. The molecule has 0 saturated carbocycles. The van der Waals surface area contributed by atoms with Crippen LogP contribution in [0.4, 0.5) is 0 Å². The summed E-state index contributed by atoms with van der Waals surface area (Å²) in [5, 5.41) is 0. The molecule has 0 aliphatic carbocycles. The van der Waals surface area contributed by atoms with Gasteiger partial charge in [0.15, 0.2) is 5.79 Å². The van der Waals surface area contributed by atoms with E-state index in [9.17, 15) is 8.42 Å². The molecule has 8 heteroatoms. The van der Waals surface area contributed by atoms with Crippen molar-refractivity contribution in [3.05, 3.63) is 0 Å². The summed E-state index contributed by atoms with van der Waals surface area (Å²) in [6.45, 7) is 5.41. The number of rotatable bonds is 16. The van der Waals surface area contributed by atoms with Crippen molar-refractivity contribution in [3.8, 4) is 0 Å². The molecular formula is C19H39NaO6S. The zero-order chi connectivity index (χ0) is 19.3.